The molecule has 0 aliphatic carbocycles. The second-order valence-corrected chi connectivity index (χ2v) is 5.09. The lowest BCUT2D eigenvalue weighted by molar-refractivity contribution is 0.187. The number of urea groups is 1. The van der Waals surface area contributed by atoms with Gasteiger partial charge in [0, 0.05) is 19.6 Å². The summed E-state index contributed by atoms with van der Waals surface area (Å²) in [6, 6.07) is 8.51. The van der Waals surface area contributed by atoms with Crippen LogP contribution in [0.25, 0.3) is 0 Å². The number of benzene rings is 1. The van der Waals surface area contributed by atoms with Gasteiger partial charge in [-0.05, 0) is 12.5 Å². The highest BCUT2D eigenvalue weighted by Gasteiger charge is 2.33. The molecule has 2 heterocycles. The number of ether oxygens (including phenoxy) is 1. The molecule has 2 saturated heterocycles. The molecule has 1 aromatic carbocycles. The largest absolute Gasteiger partial charge is 0.371 e. The van der Waals surface area contributed by atoms with Crippen LogP contribution in [0, 0.1) is 6.92 Å². The van der Waals surface area contributed by atoms with E-state index in [1.54, 1.807) is 0 Å². The van der Waals surface area contributed by atoms with E-state index in [1.807, 2.05) is 9.80 Å². The molecule has 1 aromatic rings. The Morgan fingerprint density at radius 1 is 1.22 bits per heavy atom. The van der Waals surface area contributed by atoms with Crippen molar-refractivity contribution in [3.05, 3.63) is 35.4 Å². The molecule has 96 valence electrons. The first kappa shape index (κ1) is 11.5. The van der Waals surface area contributed by atoms with Crippen molar-refractivity contribution in [2.75, 3.05) is 26.2 Å². The number of nitrogens with zero attached hydrogens (tertiary/aromatic N) is 2. The zero-order valence-electron chi connectivity index (χ0n) is 10.6. The predicted molar refractivity (Wildman–Crippen MR) is 68.3 cm³/mol. The summed E-state index contributed by atoms with van der Waals surface area (Å²) in [4.78, 5) is 15.9. The van der Waals surface area contributed by atoms with Crippen molar-refractivity contribution in [2.45, 2.75) is 19.6 Å². The fourth-order valence-corrected chi connectivity index (χ4v) is 2.28. The Morgan fingerprint density at radius 2 is 1.89 bits per heavy atom. The molecule has 0 aromatic heterocycles. The molecule has 0 bridgehead atoms. The van der Waals surface area contributed by atoms with Crippen LogP contribution in [0.15, 0.2) is 24.3 Å². The number of rotatable bonds is 4. The molecule has 2 aliphatic rings. The quantitative estimate of drug-likeness (QED) is 0.757. The molecule has 0 N–H and O–H groups in total. The van der Waals surface area contributed by atoms with Crippen LogP contribution < -0.4 is 0 Å². The molecule has 18 heavy (non-hydrogen) atoms. The van der Waals surface area contributed by atoms with E-state index in [2.05, 4.69) is 31.2 Å². The summed E-state index contributed by atoms with van der Waals surface area (Å²) >= 11 is 0. The molecule has 4 heteroatoms. The highest BCUT2D eigenvalue weighted by atomic mass is 16.6. The van der Waals surface area contributed by atoms with E-state index in [9.17, 15) is 4.79 Å². The molecular weight excluding hydrogens is 228 g/mol. The van der Waals surface area contributed by atoms with Crippen LogP contribution in [0.1, 0.15) is 11.1 Å². The van der Waals surface area contributed by atoms with Crippen molar-refractivity contribution in [3.8, 4) is 0 Å². The summed E-state index contributed by atoms with van der Waals surface area (Å²) in [7, 11) is 0. The Kier molecular flexibility index (Phi) is 2.96. The minimum Gasteiger partial charge on any atom is -0.371 e. The lowest BCUT2D eigenvalue weighted by Gasteiger charge is -2.18. The molecule has 0 spiro atoms. The maximum absolute atomic E-state index is 12.1. The number of carbonyl (C=O) groups excluding carboxylic acids is 1. The van der Waals surface area contributed by atoms with E-state index in [0.717, 1.165) is 26.2 Å². The minimum absolute atomic E-state index is 0.145. The fourth-order valence-electron chi connectivity index (χ4n) is 2.28. The van der Waals surface area contributed by atoms with Crippen LogP contribution in [0.2, 0.25) is 0 Å². The zero-order chi connectivity index (χ0) is 12.5. The van der Waals surface area contributed by atoms with E-state index in [0.29, 0.717) is 6.54 Å². The minimum atomic E-state index is 0.145. The Bertz CT molecular complexity index is 440. The average Bonchev–Trinajstić information content (AvgIpc) is 3.12. The fraction of sp³-hybridized carbons (Fsp3) is 0.500. The average molecular weight is 246 g/mol. The van der Waals surface area contributed by atoms with E-state index >= 15 is 0 Å². The van der Waals surface area contributed by atoms with Crippen LogP contribution in [-0.2, 0) is 11.3 Å². The van der Waals surface area contributed by atoms with Crippen LogP contribution in [0.3, 0.4) is 0 Å². The monoisotopic (exact) mass is 246 g/mol. The van der Waals surface area contributed by atoms with Crippen LogP contribution in [0.4, 0.5) is 4.79 Å². The molecule has 3 rings (SSSR count). The van der Waals surface area contributed by atoms with Gasteiger partial charge in [-0.25, -0.2) is 4.79 Å². The maximum Gasteiger partial charge on any atom is 0.320 e. The van der Waals surface area contributed by atoms with Crippen molar-refractivity contribution in [2.24, 2.45) is 0 Å². The lowest BCUT2D eigenvalue weighted by atomic mass is 10.1. The van der Waals surface area contributed by atoms with E-state index < -0.39 is 0 Å². The number of carbonyl (C=O) groups is 1. The van der Waals surface area contributed by atoms with Gasteiger partial charge in [-0.2, -0.15) is 0 Å². The van der Waals surface area contributed by atoms with Crippen molar-refractivity contribution in [1.29, 1.82) is 0 Å². The first-order chi connectivity index (χ1) is 8.72. The predicted octanol–water partition coefficient (Wildman–Crippen LogP) is 1.63. The molecule has 1 unspecified atom stereocenters. The van der Waals surface area contributed by atoms with Gasteiger partial charge in [-0.1, -0.05) is 29.8 Å². The molecule has 2 amide bonds. The van der Waals surface area contributed by atoms with Crippen molar-refractivity contribution >= 4 is 6.03 Å². The molecule has 2 fully saturated rings. The second-order valence-electron chi connectivity index (χ2n) is 5.09. The van der Waals surface area contributed by atoms with Gasteiger partial charge in [0.2, 0.25) is 0 Å². The lowest BCUT2D eigenvalue weighted by Crippen LogP contribution is -2.33. The molecular formula is C14H18N2O2. The van der Waals surface area contributed by atoms with Crippen molar-refractivity contribution < 1.29 is 9.53 Å². The molecule has 0 saturated carbocycles. The summed E-state index contributed by atoms with van der Waals surface area (Å²) in [5, 5.41) is 0. The maximum atomic E-state index is 12.1. The van der Waals surface area contributed by atoms with Crippen molar-refractivity contribution in [3.63, 3.8) is 0 Å². The number of epoxide rings is 1. The third-order valence-corrected chi connectivity index (χ3v) is 3.50. The van der Waals surface area contributed by atoms with Gasteiger partial charge >= 0.3 is 6.03 Å². The first-order valence-corrected chi connectivity index (χ1v) is 6.43. The topological polar surface area (TPSA) is 36.1 Å². The first-order valence-electron chi connectivity index (χ1n) is 6.43. The Morgan fingerprint density at radius 3 is 2.56 bits per heavy atom. The zero-order valence-corrected chi connectivity index (χ0v) is 10.6. The molecule has 0 radical (unpaired) electrons. The van der Waals surface area contributed by atoms with Crippen LogP contribution >= 0.6 is 0 Å². The summed E-state index contributed by atoms with van der Waals surface area (Å²) in [5.41, 5.74) is 2.44. The number of hydrogen-bond donors (Lipinski definition) is 0. The van der Waals surface area contributed by atoms with Gasteiger partial charge in [0.15, 0.2) is 0 Å². The Hall–Kier alpha value is -1.55. The summed E-state index contributed by atoms with van der Waals surface area (Å²) in [5.74, 6) is 0. The Balaban J connectivity index is 1.59. The second kappa shape index (κ2) is 4.61. The number of hydrogen-bond acceptors (Lipinski definition) is 2. The molecule has 2 aliphatic heterocycles. The highest BCUT2D eigenvalue weighted by Crippen LogP contribution is 2.18. The van der Waals surface area contributed by atoms with Crippen molar-refractivity contribution in [1.82, 2.24) is 9.80 Å². The SMILES string of the molecule is Cc1ccc(CN2CCN(CC3CO3)C2=O)cc1. The van der Waals surface area contributed by atoms with Gasteiger partial charge in [-0.3, -0.25) is 0 Å². The third kappa shape index (κ3) is 2.48. The summed E-state index contributed by atoms with van der Waals surface area (Å²) in [6.45, 7) is 5.98. The van der Waals surface area contributed by atoms with E-state index in [4.69, 9.17) is 4.74 Å². The van der Waals surface area contributed by atoms with Gasteiger partial charge in [0.1, 0.15) is 0 Å². The number of amides is 2. The molecule has 1 atom stereocenters. The van der Waals surface area contributed by atoms with Crippen LogP contribution in [-0.4, -0.2) is 48.2 Å². The summed E-state index contributed by atoms with van der Waals surface area (Å²) < 4.78 is 5.17. The van der Waals surface area contributed by atoms with E-state index in [-0.39, 0.29) is 12.1 Å². The van der Waals surface area contributed by atoms with Gasteiger partial charge < -0.3 is 14.5 Å². The highest BCUT2D eigenvalue weighted by molar-refractivity contribution is 5.76. The standard InChI is InChI=1S/C14H18N2O2/c1-11-2-4-12(5-3-11)8-15-6-7-16(14(15)17)9-13-10-18-13/h2-5,13H,6-10H2,1H3. The molecule has 4 nitrogen and oxygen atoms in total. The number of aryl methyl sites for hydroxylation is 1. The van der Waals surface area contributed by atoms with E-state index in [1.165, 1.54) is 11.1 Å². The van der Waals surface area contributed by atoms with Gasteiger partial charge in [0.05, 0.1) is 19.3 Å². The summed E-state index contributed by atoms with van der Waals surface area (Å²) in [6.07, 6.45) is 0.285. The third-order valence-electron chi connectivity index (χ3n) is 3.50. The van der Waals surface area contributed by atoms with Gasteiger partial charge in [-0.15, -0.1) is 0 Å². The van der Waals surface area contributed by atoms with Crippen LogP contribution in [0.5, 0.6) is 0 Å². The Labute approximate surface area is 107 Å². The smallest absolute Gasteiger partial charge is 0.320 e. The van der Waals surface area contributed by atoms with Gasteiger partial charge in [0.25, 0.3) is 0 Å². The normalized spacial score (nSPS) is 22.7.